The first-order valence-corrected chi connectivity index (χ1v) is 11.1. The zero-order valence-electron chi connectivity index (χ0n) is 18.6. The van der Waals surface area contributed by atoms with E-state index in [-0.39, 0.29) is 17.7 Å². The van der Waals surface area contributed by atoms with E-state index in [9.17, 15) is 14.0 Å². The Hall–Kier alpha value is -3.92. The summed E-state index contributed by atoms with van der Waals surface area (Å²) >= 11 is 0. The molecule has 2 aromatic carbocycles. The van der Waals surface area contributed by atoms with Crippen molar-refractivity contribution in [2.75, 3.05) is 37.9 Å². The smallest absolute Gasteiger partial charge is 0.276 e. The standard InChI is InChI=1S/C24H24FN5O4/c1-2-29-13-17(24(32)28-27-12-15-3-4-21-22(9-15)34-14-33-21)23(31)16-10-18(25)20(11-19(16)29)30-7-5-26-6-8-30/h3-4,9-13,26H,2,5-8,14H2,1H3,(H,28,32)/b27-12+. The predicted octanol–water partition coefficient (Wildman–Crippen LogP) is 2.06. The van der Waals surface area contributed by atoms with Crippen molar-refractivity contribution < 1.29 is 18.7 Å². The minimum atomic E-state index is -0.669. The molecule has 0 saturated carbocycles. The van der Waals surface area contributed by atoms with Crippen LogP contribution in [0.25, 0.3) is 10.9 Å². The summed E-state index contributed by atoms with van der Waals surface area (Å²) in [6, 6.07) is 8.17. The van der Waals surface area contributed by atoms with E-state index in [1.807, 2.05) is 11.8 Å². The molecule has 0 bridgehead atoms. The Morgan fingerprint density at radius 3 is 2.79 bits per heavy atom. The number of carbonyl (C=O) groups excluding carboxylic acids is 1. The molecule has 0 radical (unpaired) electrons. The first-order chi connectivity index (χ1) is 16.5. The van der Waals surface area contributed by atoms with Gasteiger partial charge in [0.15, 0.2) is 11.5 Å². The van der Waals surface area contributed by atoms with Crippen LogP contribution in [0.15, 0.2) is 46.4 Å². The molecule has 2 N–H and O–H groups in total. The Kier molecular flexibility index (Phi) is 5.89. The number of fused-ring (bicyclic) bond motifs is 2. The van der Waals surface area contributed by atoms with Crippen LogP contribution < -0.4 is 30.5 Å². The third kappa shape index (κ3) is 4.08. The van der Waals surface area contributed by atoms with Crippen LogP contribution >= 0.6 is 0 Å². The van der Waals surface area contributed by atoms with E-state index in [1.165, 1.54) is 18.5 Å². The first-order valence-electron chi connectivity index (χ1n) is 11.1. The number of hydrogen-bond acceptors (Lipinski definition) is 7. The molecule has 0 unspecified atom stereocenters. The predicted molar refractivity (Wildman–Crippen MR) is 127 cm³/mol. The van der Waals surface area contributed by atoms with Gasteiger partial charge < -0.3 is 24.3 Å². The highest BCUT2D eigenvalue weighted by molar-refractivity contribution is 5.98. The van der Waals surface area contributed by atoms with Gasteiger partial charge in [-0.25, -0.2) is 9.82 Å². The van der Waals surface area contributed by atoms with Crippen LogP contribution in [0.5, 0.6) is 11.5 Å². The Morgan fingerprint density at radius 2 is 2.00 bits per heavy atom. The number of rotatable bonds is 5. The van der Waals surface area contributed by atoms with E-state index < -0.39 is 17.2 Å². The van der Waals surface area contributed by atoms with Crippen molar-refractivity contribution in [2.45, 2.75) is 13.5 Å². The molecule has 176 valence electrons. The number of ether oxygens (including phenoxy) is 2. The number of piperazine rings is 1. The van der Waals surface area contributed by atoms with Gasteiger partial charge in [0.25, 0.3) is 5.91 Å². The summed E-state index contributed by atoms with van der Waals surface area (Å²) in [6.45, 7) is 5.46. The van der Waals surface area contributed by atoms with Crippen molar-refractivity contribution in [3.8, 4) is 11.5 Å². The average molecular weight is 465 g/mol. The second-order valence-electron chi connectivity index (χ2n) is 8.03. The lowest BCUT2D eigenvalue weighted by Crippen LogP contribution is -2.43. The van der Waals surface area contributed by atoms with Gasteiger partial charge in [0.2, 0.25) is 12.2 Å². The van der Waals surface area contributed by atoms with Gasteiger partial charge in [-0.15, -0.1) is 0 Å². The highest BCUT2D eigenvalue weighted by atomic mass is 19.1. The lowest BCUT2D eigenvalue weighted by atomic mass is 10.1. The third-order valence-corrected chi connectivity index (χ3v) is 5.97. The fourth-order valence-electron chi connectivity index (χ4n) is 4.19. The van der Waals surface area contributed by atoms with E-state index in [2.05, 4.69) is 15.8 Å². The van der Waals surface area contributed by atoms with Gasteiger partial charge >= 0.3 is 0 Å². The van der Waals surface area contributed by atoms with Crippen molar-refractivity contribution in [1.29, 1.82) is 0 Å². The van der Waals surface area contributed by atoms with Crippen LogP contribution in [0, 0.1) is 5.82 Å². The van der Waals surface area contributed by atoms with E-state index in [0.29, 0.717) is 47.9 Å². The lowest BCUT2D eigenvalue weighted by Gasteiger charge is -2.30. The molecule has 0 spiro atoms. The zero-order chi connectivity index (χ0) is 23.7. The molecule has 1 fully saturated rings. The Morgan fingerprint density at radius 1 is 1.21 bits per heavy atom. The number of halogens is 1. The summed E-state index contributed by atoms with van der Waals surface area (Å²) < 4.78 is 27.4. The Balaban J connectivity index is 1.43. The summed E-state index contributed by atoms with van der Waals surface area (Å²) in [7, 11) is 0. The van der Waals surface area contributed by atoms with Crippen molar-refractivity contribution in [3.05, 3.63) is 63.7 Å². The molecule has 1 saturated heterocycles. The van der Waals surface area contributed by atoms with E-state index in [1.54, 1.807) is 28.8 Å². The molecule has 1 amide bonds. The van der Waals surface area contributed by atoms with E-state index in [0.717, 1.165) is 13.1 Å². The van der Waals surface area contributed by atoms with E-state index in [4.69, 9.17) is 9.47 Å². The van der Waals surface area contributed by atoms with Gasteiger partial charge in [-0.05, 0) is 42.8 Å². The fourth-order valence-corrected chi connectivity index (χ4v) is 4.19. The molecule has 2 aliphatic heterocycles. The topological polar surface area (TPSA) is 97.2 Å². The van der Waals surface area contributed by atoms with Crippen molar-refractivity contribution in [1.82, 2.24) is 15.3 Å². The highest BCUT2D eigenvalue weighted by Gasteiger charge is 2.20. The second-order valence-corrected chi connectivity index (χ2v) is 8.03. The van der Waals surface area contributed by atoms with Crippen LogP contribution in [0.2, 0.25) is 0 Å². The molecule has 0 atom stereocenters. The summed E-state index contributed by atoms with van der Waals surface area (Å²) in [4.78, 5) is 27.8. The number of nitrogens with zero attached hydrogens (tertiary/aromatic N) is 3. The maximum Gasteiger partial charge on any atom is 0.276 e. The molecule has 5 rings (SSSR count). The molecule has 3 heterocycles. The molecule has 3 aromatic rings. The minimum Gasteiger partial charge on any atom is -0.454 e. The quantitative estimate of drug-likeness (QED) is 0.442. The summed E-state index contributed by atoms with van der Waals surface area (Å²) in [5.74, 6) is 0.0906. The van der Waals surface area contributed by atoms with Gasteiger partial charge in [-0.2, -0.15) is 5.10 Å². The number of pyridine rings is 1. The number of aromatic nitrogens is 1. The van der Waals surface area contributed by atoms with Gasteiger partial charge in [0.05, 0.1) is 17.4 Å². The number of aryl methyl sites for hydroxylation is 1. The number of hydrazone groups is 1. The van der Waals surface area contributed by atoms with E-state index >= 15 is 0 Å². The summed E-state index contributed by atoms with van der Waals surface area (Å²) in [5.41, 5.74) is 3.48. The molecule has 9 nitrogen and oxygen atoms in total. The SMILES string of the molecule is CCn1cc(C(=O)N/N=C/c2ccc3c(c2)OCO3)c(=O)c2cc(F)c(N3CCNCC3)cc21. The van der Waals surface area contributed by atoms with Gasteiger partial charge in [-0.3, -0.25) is 9.59 Å². The lowest BCUT2D eigenvalue weighted by molar-refractivity contribution is 0.0953. The number of benzene rings is 2. The van der Waals surface area contributed by atoms with Gasteiger partial charge in [-0.1, -0.05) is 0 Å². The molecular weight excluding hydrogens is 441 g/mol. The molecular formula is C24H24FN5O4. The Bertz CT molecular complexity index is 1350. The van der Waals surface area contributed by atoms with Crippen LogP contribution in [0.4, 0.5) is 10.1 Å². The summed E-state index contributed by atoms with van der Waals surface area (Å²) in [6.07, 6.45) is 2.94. The number of anilines is 1. The fraction of sp³-hybridized carbons (Fsp3) is 0.292. The molecule has 34 heavy (non-hydrogen) atoms. The number of hydrogen-bond donors (Lipinski definition) is 2. The van der Waals surface area contributed by atoms with Crippen molar-refractivity contribution in [3.63, 3.8) is 0 Å². The molecule has 1 aromatic heterocycles. The monoisotopic (exact) mass is 465 g/mol. The van der Waals surface area contributed by atoms with Crippen LogP contribution in [-0.4, -0.2) is 49.7 Å². The second kappa shape index (κ2) is 9.14. The normalized spacial score (nSPS) is 15.3. The summed E-state index contributed by atoms with van der Waals surface area (Å²) in [5, 5.41) is 7.36. The number of nitrogens with one attached hydrogen (secondary N) is 2. The van der Waals surface area contributed by atoms with Crippen molar-refractivity contribution >= 4 is 28.7 Å². The third-order valence-electron chi connectivity index (χ3n) is 5.97. The van der Waals surface area contributed by atoms with Crippen molar-refractivity contribution in [2.24, 2.45) is 5.10 Å². The molecule has 10 heteroatoms. The number of amides is 1. The minimum absolute atomic E-state index is 0.105. The number of carbonyl (C=O) groups is 1. The van der Waals surface area contributed by atoms with Gasteiger partial charge in [0, 0.05) is 44.3 Å². The van der Waals surface area contributed by atoms with Crippen LogP contribution in [0.3, 0.4) is 0 Å². The van der Waals surface area contributed by atoms with Crippen LogP contribution in [0.1, 0.15) is 22.8 Å². The first kappa shape index (κ1) is 21.9. The highest BCUT2D eigenvalue weighted by Crippen LogP contribution is 2.32. The van der Waals surface area contributed by atoms with Gasteiger partial charge in [0.1, 0.15) is 11.4 Å². The maximum absolute atomic E-state index is 15.0. The largest absolute Gasteiger partial charge is 0.454 e. The molecule has 2 aliphatic rings. The Labute approximate surface area is 194 Å². The van der Waals surface area contributed by atoms with Crippen LogP contribution in [-0.2, 0) is 6.54 Å². The molecule has 0 aliphatic carbocycles. The average Bonchev–Trinajstić information content (AvgIpc) is 3.33. The zero-order valence-corrected chi connectivity index (χ0v) is 18.6. The maximum atomic E-state index is 15.0.